The molecule has 4 nitrogen and oxygen atoms in total. The first-order valence-electron chi connectivity index (χ1n) is 4.73. The fourth-order valence-corrected chi connectivity index (χ4v) is 1.71. The lowest BCUT2D eigenvalue weighted by Gasteiger charge is -2.24. The van der Waals surface area contributed by atoms with Gasteiger partial charge in [0.25, 0.3) is 0 Å². The van der Waals surface area contributed by atoms with Crippen LogP contribution in [0.1, 0.15) is 23.7 Å². The number of carbonyl (C=O) groups is 1. The predicted molar refractivity (Wildman–Crippen MR) is 53.7 cm³/mol. The Morgan fingerprint density at radius 1 is 1.53 bits per heavy atom. The Morgan fingerprint density at radius 2 is 2.27 bits per heavy atom. The summed E-state index contributed by atoms with van der Waals surface area (Å²) in [6.45, 7) is 1.81. The first kappa shape index (κ1) is 9.83. The van der Waals surface area contributed by atoms with E-state index >= 15 is 0 Å². The van der Waals surface area contributed by atoms with Crippen LogP contribution in [0.5, 0.6) is 17.2 Å². The summed E-state index contributed by atoms with van der Waals surface area (Å²) in [5.74, 6) is 0.659. The minimum atomic E-state index is -0.180. The van der Waals surface area contributed by atoms with Gasteiger partial charge in [-0.15, -0.1) is 0 Å². The van der Waals surface area contributed by atoms with E-state index in [0.29, 0.717) is 11.5 Å². The zero-order chi connectivity index (χ0) is 11.0. The lowest BCUT2D eigenvalue weighted by molar-refractivity contribution is 0.0860. The molecule has 0 aliphatic carbocycles. The van der Waals surface area contributed by atoms with Gasteiger partial charge in [-0.3, -0.25) is 4.79 Å². The molecule has 0 bridgehead atoms. The maximum absolute atomic E-state index is 11.7. The van der Waals surface area contributed by atoms with Gasteiger partial charge < -0.3 is 14.6 Å². The van der Waals surface area contributed by atoms with Crippen LogP contribution in [0.15, 0.2) is 12.1 Å². The fourth-order valence-electron chi connectivity index (χ4n) is 1.71. The molecule has 0 fully saturated rings. The van der Waals surface area contributed by atoms with E-state index in [1.54, 1.807) is 6.07 Å². The molecule has 1 aromatic carbocycles. The third kappa shape index (κ3) is 1.52. The van der Waals surface area contributed by atoms with Crippen molar-refractivity contribution in [2.24, 2.45) is 0 Å². The van der Waals surface area contributed by atoms with Crippen LogP contribution in [0, 0.1) is 0 Å². The van der Waals surface area contributed by atoms with Crippen molar-refractivity contribution in [3.63, 3.8) is 0 Å². The van der Waals surface area contributed by atoms with Gasteiger partial charge in [-0.05, 0) is 19.1 Å². The number of rotatable bonds is 1. The molecule has 2 rings (SSSR count). The standard InChI is InChI=1S/C11H12O4/c1-6-5-8(13)10-7(12)3-4-9(14-2)11(10)15-6/h3-4,6,12H,5H2,1-2H3/t6-/m1/s1. The van der Waals surface area contributed by atoms with Gasteiger partial charge in [0.05, 0.1) is 7.11 Å². The Morgan fingerprint density at radius 3 is 2.93 bits per heavy atom. The van der Waals surface area contributed by atoms with Crippen molar-refractivity contribution in [3.8, 4) is 17.2 Å². The highest BCUT2D eigenvalue weighted by atomic mass is 16.5. The number of hydrogen-bond donors (Lipinski definition) is 1. The molecule has 0 saturated heterocycles. The number of benzene rings is 1. The third-order valence-electron chi connectivity index (χ3n) is 2.39. The lowest BCUT2D eigenvalue weighted by Crippen LogP contribution is -2.24. The van der Waals surface area contributed by atoms with Gasteiger partial charge in [0.1, 0.15) is 17.4 Å². The molecule has 1 aliphatic rings. The van der Waals surface area contributed by atoms with Gasteiger partial charge in [0.2, 0.25) is 0 Å². The molecular formula is C11H12O4. The molecule has 1 aromatic rings. The van der Waals surface area contributed by atoms with Crippen molar-refractivity contribution < 1.29 is 19.4 Å². The molecule has 1 atom stereocenters. The number of ketones is 1. The van der Waals surface area contributed by atoms with E-state index in [-0.39, 0.29) is 29.6 Å². The minimum Gasteiger partial charge on any atom is -0.507 e. The predicted octanol–water partition coefficient (Wildman–Crippen LogP) is 1.75. The molecule has 15 heavy (non-hydrogen) atoms. The summed E-state index contributed by atoms with van der Waals surface area (Å²) in [5.41, 5.74) is 0.229. The summed E-state index contributed by atoms with van der Waals surface area (Å²) in [6.07, 6.45) is 0.106. The maximum atomic E-state index is 11.7. The van der Waals surface area contributed by atoms with Gasteiger partial charge in [0.15, 0.2) is 17.3 Å². The van der Waals surface area contributed by atoms with E-state index in [4.69, 9.17) is 9.47 Å². The number of phenols is 1. The molecule has 0 radical (unpaired) electrons. The molecule has 0 aromatic heterocycles. The Kier molecular flexibility index (Phi) is 2.26. The number of fused-ring (bicyclic) bond motifs is 1. The summed E-state index contributed by atoms with van der Waals surface area (Å²) in [6, 6.07) is 3.02. The van der Waals surface area contributed by atoms with Crippen molar-refractivity contribution >= 4 is 5.78 Å². The Balaban J connectivity index is 2.61. The van der Waals surface area contributed by atoms with Crippen LogP contribution >= 0.6 is 0 Å². The number of phenolic OH excluding ortho intramolecular Hbond substituents is 1. The monoisotopic (exact) mass is 208 g/mol. The van der Waals surface area contributed by atoms with Crippen LogP contribution in [0.25, 0.3) is 0 Å². The van der Waals surface area contributed by atoms with E-state index < -0.39 is 0 Å². The summed E-state index contributed by atoms with van der Waals surface area (Å²) in [7, 11) is 1.50. The third-order valence-corrected chi connectivity index (χ3v) is 2.39. The molecule has 0 saturated carbocycles. The summed E-state index contributed by atoms with van der Waals surface area (Å²) >= 11 is 0. The van der Waals surface area contributed by atoms with Crippen LogP contribution in [0.4, 0.5) is 0 Å². The van der Waals surface area contributed by atoms with Crippen molar-refractivity contribution in [1.29, 1.82) is 0 Å². The number of ether oxygens (including phenoxy) is 2. The first-order chi connectivity index (χ1) is 7.13. The summed E-state index contributed by atoms with van der Waals surface area (Å²) in [4.78, 5) is 11.7. The number of hydrogen-bond acceptors (Lipinski definition) is 4. The average molecular weight is 208 g/mol. The van der Waals surface area contributed by atoms with Crippen molar-refractivity contribution in [3.05, 3.63) is 17.7 Å². The van der Waals surface area contributed by atoms with Crippen LogP contribution in [0.3, 0.4) is 0 Å². The first-order valence-corrected chi connectivity index (χ1v) is 4.73. The molecule has 0 unspecified atom stereocenters. The van der Waals surface area contributed by atoms with E-state index in [0.717, 1.165) is 0 Å². The molecule has 4 heteroatoms. The van der Waals surface area contributed by atoms with Gasteiger partial charge >= 0.3 is 0 Å². The van der Waals surface area contributed by atoms with E-state index in [2.05, 4.69) is 0 Å². The molecule has 1 N–H and O–H groups in total. The number of methoxy groups -OCH3 is 1. The van der Waals surface area contributed by atoms with Crippen molar-refractivity contribution in [1.82, 2.24) is 0 Å². The number of carbonyl (C=O) groups excluding carboxylic acids is 1. The van der Waals surface area contributed by atoms with Gasteiger partial charge in [-0.25, -0.2) is 0 Å². The van der Waals surface area contributed by atoms with E-state index in [1.165, 1.54) is 13.2 Å². The van der Waals surface area contributed by atoms with E-state index in [1.807, 2.05) is 6.92 Å². The highest BCUT2D eigenvalue weighted by Crippen LogP contribution is 2.41. The second-order valence-electron chi connectivity index (χ2n) is 3.55. The lowest BCUT2D eigenvalue weighted by atomic mass is 10.00. The molecule has 1 aliphatic heterocycles. The van der Waals surface area contributed by atoms with Gasteiger partial charge in [0, 0.05) is 6.42 Å². The quantitative estimate of drug-likeness (QED) is 0.763. The Hall–Kier alpha value is -1.71. The molecule has 80 valence electrons. The topological polar surface area (TPSA) is 55.8 Å². The smallest absolute Gasteiger partial charge is 0.176 e. The minimum absolute atomic E-state index is 0.0531. The van der Waals surface area contributed by atoms with E-state index in [9.17, 15) is 9.90 Å². The van der Waals surface area contributed by atoms with Crippen LogP contribution in [0.2, 0.25) is 0 Å². The van der Waals surface area contributed by atoms with Gasteiger partial charge in [-0.2, -0.15) is 0 Å². The van der Waals surface area contributed by atoms with Crippen LogP contribution < -0.4 is 9.47 Å². The molecule has 1 heterocycles. The number of aromatic hydroxyl groups is 1. The fraction of sp³-hybridized carbons (Fsp3) is 0.364. The maximum Gasteiger partial charge on any atom is 0.176 e. The number of Topliss-reactive ketones (excluding diaryl/α,β-unsaturated/α-hetero) is 1. The zero-order valence-corrected chi connectivity index (χ0v) is 8.61. The van der Waals surface area contributed by atoms with Crippen LogP contribution in [-0.4, -0.2) is 24.1 Å². The normalized spacial score (nSPS) is 19.3. The van der Waals surface area contributed by atoms with Gasteiger partial charge in [-0.1, -0.05) is 0 Å². The Labute approximate surface area is 87.4 Å². The average Bonchev–Trinajstić information content (AvgIpc) is 2.17. The zero-order valence-electron chi connectivity index (χ0n) is 8.61. The largest absolute Gasteiger partial charge is 0.507 e. The SMILES string of the molecule is COc1ccc(O)c2c1O[C@H](C)CC2=O. The molecule has 0 spiro atoms. The van der Waals surface area contributed by atoms with Crippen molar-refractivity contribution in [2.75, 3.05) is 7.11 Å². The molecule has 0 amide bonds. The second kappa shape index (κ2) is 3.46. The second-order valence-corrected chi connectivity index (χ2v) is 3.55. The highest BCUT2D eigenvalue weighted by molar-refractivity contribution is 6.03. The van der Waals surface area contributed by atoms with Crippen LogP contribution in [-0.2, 0) is 0 Å². The summed E-state index contributed by atoms with van der Waals surface area (Å²) < 4.78 is 10.6. The summed E-state index contributed by atoms with van der Waals surface area (Å²) in [5, 5.41) is 9.58. The molecular weight excluding hydrogens is 196 g/mol. The highest BCUT2D eigenvalue weighted by Gasteiger charge is 2.29. The van der Waals surface area contributed by atoms with Crippen molar-refractivity contribution in [2.45, 2.75) is 19.4 Å². The Bertz CT molecular complexity index is 411.